The molecule has 3 N–H and O–H groups in total. The number of nitrogens with one attached hydrogen (secondary N) is 1. The molecule has 2 aromatic heterocycles. The van der Waals surface area contributed by atoms with Crippen molar-refractivity contribution in [3.63, 3.8) is 0 Å². The number of H-pyrrole nitrogens is 1. The van der Waals surface area contributed by atoms with Gasteiger partial charge in [-0.25, -0.2) is 4.98 Å². The Morgan fingerprint density at radius 2 is 2.50 bits per heavy atom. The fourth-order valence-electron chi connectivity index (χ4n) is 1.18. The monoisotopic (exact) mass is 189 g/mol. The van der Waals surface area contributed by atoms with Gasteiger partial charge in [0.05, 0.1) is 12.9 Å². The normalized spacial score (nSPS) is 10.2. The molecule has 14 heavy (non-hydrogen) atoms. The number of nitrogens with two attached hydrogens (primary N) is 1. The van der Waals surface area contributed by atoms with E-state index < -0.39 is 0 Å². The van der Waals surface area contributed by atoms with Crippen molar-refractivity contribution in [1.82, 2.24) is 19.5 Å². The van der Waals surface area contributed by atoms with Gasteiger partial charge < -0.3 is 10.7 Å². The van der Waals surface area contributed by atoms with Crippen molar-refractivity contribution < 1.29 is 0 Å². The third-order valence-corrected chi connectivity index (χ3v) is 1.82. The molecule has 2 heterocycles. The van der Waals surface area contributed by atoms with E-state index in [4.69, 9.17) is 12.2 Å². The highest BCUT2D eigenvalue weighted by Gasteiger charge is 2.08. The number of fused-ring (bicyclic) bond motifs is 1. The lowest BCUT2D eigenvalue weighted by Gasteiger charge is -2.03. The summed E-state index contributed by atoms with van der Waals surface area (Å²) >= 11 is 0. The second-order valence-corrected chi connectivity index (χ2v) is 2.67. The Kier molecular flexibility index (Phi) is 1.71. The maximum atomic E-state index is 11.7. The van der Waals surface area contributed by atoms with E-state index in [0.717, 1.165) is 0 Å². The van der Waals surface area contributed by atoms with Crippen molar-refractivity contribution in [3.8, 4) is 12.3 Å². The molecule has 0 saturated heterocycles. The molecule has 0 aliphatic rings. The van der Waals surface area contributed by atoms with Crippen molar-refractivity contribution in [2.75, 3.05) is 5.73 Å². The van der Waals surface area contributed by atoms with Crippen LogP contribution in [0, 0.1) is 12.3 Å². The zero-order chi connectivity index (χ0) is 10.1. The Balaban J connectivity index is 2.84. The lowest BCUT2D eigenvalue weighted by Crippen LogP contribution is -2.24. The molecule has 2 rings (SSSR count). The minimum Gasteiger partial charge on any atom is -0.369 e. The molecule has 0 spiro atoms. The summed E-state index contributed by atoms with van der Waals surface area (Å²) in [5, 5.41) is 0. The van der Waals surface area contributed by atoms with Gasteiger partial charge in [-0.1, -0.05) is 5.92 Å². The van der Waals surface area contributed by atoms with E-state index >= 15 is 0 Å². The summed E-state index contributed by atoms with van der Waals surface area (Å²) in [5.41, 5.74) is 5.85. The Hall–Kier alpha value is -2.29. The predicted molar refractivity (Wildman–Crippen MR) is 51.4 cm³/mol. The Bertz CT molecular complexity index is 573. The second kappa shape index (κ2) is 2.88. The molecule has 6 nitrogen and oxygen atoms in total. The smallest absolute Gasteiger partial charge is 0.281 e. The number of aromatic amines is 1. The van der Waals surface area contributed by atoms with Crippen molar-refractivity contribution in [2.24, 2.45) is 0 Å². The first-order valence-corrected chi connectivity index (χ1v) is 3.87. The summed E-state index contributed by atoms with van der Waals surface area (Å²) < 4.78 is 1.21. The number of nitrogen functional groups attached to an aromatic ring is 1. The van der Waals surface area contributed by atoms with Gasteiger partial charge in [0.25, 0.3) is 5.56 Å². The van der Waals surface area contributed by atoms with E-state index in [0.29, 0.717) is 11.2 Å². The van der Waals surface area contributed by atoms with Gasteiger partial charge in [-0.05, 0) is 0 Å². The van der Waals surface area contributed by atoms with Crippen LogP contribution < -0.4 is 11.3 Å². The molecule has 0 aliphatic carbocycles. The van der Waals surface area contributed by atoms with Crippen LogP contribution in [0.3, 0.4) is 0 Å². The van der Waals surface area contributed by atoms with Crippen LogP contribution >= 0.6 is 0 Å². The number of imidazole rings is 1. The zero-order valence-corrected chi connectivity index (χ0v) is 7.19. The number of terminal acetylenes is 1. The maximum absolute atomic E-state index is 11.7. The Labute approximate surface area is 78.8 Å². The summed E-state index contributed by atoms with van der Waals surface area (Å²) in [5.74, 6) is 2.41. The first-order valence-electron chi connectivity index (χ1n) is 3.87. The van der Waals surface area contributed by atoms with E-state index in [2.05, 4.69) is 20.9 Å². The Morgan fingerprint density at radius 3 is 3.21 bits per heavy atom. The van der Waals surface area contributed by atoms with Crippen LogP contribution in [0.1, 0.15) is 0 Å². The largest absolute Gasteiger partial charge is 0.369 e. The van der Waals surface area contributed by atoms with Crippen LogP contribution in [0.5, 0.6) is 0 Å². The van der Waals surface area contributed by atoms with Crippen molar-refractivity contribution >= 4 is 17.1 Å². The molecule has 0 aromatic carbocycles. The minimum atomic E-state index is -0.303. The van der Waals surface area contributed by atoms with Crippen LogP contribution in [-0.4, -0.2) is 19.5 Å². The summed E-state index contributed by atoms with van der Waals surface area (Å²) in [6.45, 7) is 0.104. The highest BCUT2D eigenvalue weighted by Crippen LogP contribution is 2.03. The van der Waals surface area contributed by atoms with Gasteiger partial charge >= 0.3 is 0 Å². The fraction of sp³-hybridized carbons (Fsp3) is 0.125. The molecular weight excluding hydrogens is 182 g/mol. The molecule has 0 fully saturated rings. The van der Waals surface area contributed by atoms with Gasteiger partial charge in [0.2, 0.25) is 5.95 Å². The first-order chi connectivity index (χ1) is 6.74. The predicted octanol–water partition coefficient (Wildman–Crippen LogP) is -0.665. The second-order valence-electron chi connectivity index (χ2n) is 2.67. The van der Waals surface area contributed by atoms with Crippen LogP contribution in [0.25, 0.3) is 11.2 Å². The molecule has 0 atom stereocenters. The molecule has 0 unspecified atom stereocenters. The van der Waals surface area contributed by atoms with Gasteiger partial charge in [-0.2, -0.15) is 4.98 Å². The Morgan fingerprint density at radius 1 is 1.71 bits per heavy atom. The minimum absolute atomic E-state index is 0.0764. The third kappa shape index (κ3) is 1.03. The fourth-order valence-corrected chi connectivity index (χ4v) is 1.18. The van der Waals surface area contributed by atoms with Crippen LogP contribution in [-0.2, 0) is 6.54 Å². The van der Waals surface area contributed by atoms with Gasteiger partial charge in [-0.15, -0.1) is 6.42 Å². The van der Waals surface area contributed by atoms with Gasteiger partial charge in [0.15, 0.2) is 11.2 Å². The number of aromatic nitrogens is 4. The average molecular weight is 189 g/mol. The topological polar surface area (TPSA) is 89.6 Å². The van der Waals surface area contributed by atoms with Crippen LogP contribution in [0.15, 0.2) is 11.1 Å². The molecule has 0 aliphatic heterocycles. The summed E-state index contributed by atoms with van der Waals surface area (Å²) in [6, 6.07) is 0. The zero-order valence-electron chi connectivity index (χ0n) is 7.19. The number of nitrogens with zero attached hydrogens (tertiary/aromatic N) is 3. The van der Waals surface area contributed by atoms with E-state index in [-0.39, 0.29) is 18.1 Å². The molecule has 0 amide bonds. The quantitative estimate of drug-likeness (QED) is 0.582. The lowest BCUT2D eigenvalue weighted by molar-refractivity contribution is 0.797. The van der Waals surface area contributed by atoms with Crippen LogP contribution in [0.2, 0.25) is 0 Å². The molecule has 2 aromatic rings. The third-order valence-electron chi connectivity index (χ3n) is 1.82. The molecule has 6 heteroatoms. The van der Waals surface area contributed by atoms with Gasteiger partial charge in [0, 0.05) is 0 Å². The number of anilines is 1. The molecule has 0 radical (unpaired) electrons. The molecular formula is C8H7N5O. The number of rotatable bonds is 1. The molecule has 0 saturated carbocycles. The summed E-state index contributed by atoms with van der Waals surface area (Å²) in [4.78, 5) is 22.1. The SMILES string of the molecule is C#CCn1c(N)nc2nc[nH]c2c1=O. The highest BCUT2D eigenvalue weighted by atomic mass is 16.1. The van der Waals surface area contributed by atoms with Crippen molar-refractivity contribution in [2.45, 2.75) is 6.54 Å². The van der Waals surface area contributed by atoms with Crippen LogP contribution in [0.4, 0.5) is 5.95 Å². The lowest BCUT2D eigenvalue weighted by atomic mass is 10.5. The van der Waals surface area contributed by atoms with E-state index in [1.807, 2.05) is 0 Å². The average Bonchev–Trinajstić information content (AvgIpc) is 2.60. The maximum Gasteiger partial charge on any atom is 0.281 e. The van der Waals surface area contributed by atoms with Crippen molar-refractivity contribution in [3.05, 3.63) is 16.7 Å². The first kappa shape index (κ1) is 8.31. The van der Waals surface area contributed by atoms with E-state index in [1.165, 1.54) is 10.9 Å². The highest BCUT2D eigenvalue weighted by molar-refractivity contribution is 5.69. The van der Waals surface area contributed by atoms with E-state index in [9.17, 15) is 4.79 Å². The number of hydrogen-bond acceptors (Lipinski definition) is 4. The summed E-state index contributed by atoms with van der Waals surface area (Å²) in [7, 11) is 0. The standard InChI is InChI=1S/C8H7N5O/c1-2-3-13-7(14)5-6(11-4-10-5)12-8(13)9/h1,4H,3H2,(H2,9,12)(H,10,11). The van der Waals surface area contributed by atoms with Gasteiger partial charge in [0.1, 0.15) is 0 Å². The van der Waals surface area contributed by atoms with E-state index in [1.54, 1.807) is 0 Å². The molecule has 70 valence electrons. The van der Waals surface area contributed by atoms with Crippen molar-refractivity contribution in [1.29, 1.82) is 0 Å². The number of hydrogen-bond donors (Lipinski definition) is 2. The summed E-state index contributed by atoms with van der Waals surface area (Å²) in [6.07, 6.45) is 6.49. The molecule has 0 bridgehead atoms. The van der Waals surface area contributed by atoms with Gasteiger partial charge in [-0.3, -0.25) is 9.36 Å².